The Labute approximate surface area is 237 Å². The van der Waals surface area contributed by atoms with Crippen LogP contribution in [0.15, 0.2) is 107 Å². The van der Waals surface area contributed by atoms with Crippen LogP contribution in [0.5, 0.6) is 0 Å². The van der Waals surface area contributed by atoms with E-state index in [1.165, 1.54) is 22.9 Å². The molecule has 4 nitrogen and oxygen atoms in total. The molecule has 2 amide bonds. The lowest BCUT2D eigenvalue weighted by Crippen LogP contribution is -2.33. The summed E-state index contributed by atoms with van der Waals surface area (Å²) in [5.41, 5.74) is 5.86. The molecule has 6 heteroatoms. The lowest BCUT2D eigenvalue weighted by molar-refractivity contribution is -0.114. The van der Waals surface area contributed by atoms with E-state index in [-0.39, 0.29) is 17.9 Å². The third-order valence-electron chi connectivity index (χ3n) is 7.21. The second-order valence-electron chi connectivity index (χ2n) is 9.84. The zero-order valence-electron chi connectivity index (χ0n) is 21.3. The first-order chi connectivity index (χ1) is 19.0. The Bertz CT molecular complexity index is 1580. The van der Waals surface area contributed by atoms with E-state index in [4.69, 9.17) is 11.6 Å². The first-order valence-corrected chi connectivity index (χ1v) is 14.3. The molecule has 1 aliphatic heterocycles. The van der Waals surface area contributed by atoms with Gasteiger partial charge in [0.1, 0.15) is 0 Å². The minimum absolute atomic E-state index is 0.0334. The summed E-state index contributed by atoms with van der Waals surface area (Å²) in [7, 11) is 0. The lowest BCUT2D eigenvalue weighted by atomic mass is 9.87. The second kappa shape index (κ2) is 11.1. The van der Waals surface area contributed by atoms with Crippen LogP contribution in [0.2, 0.25) is 5.02 Å². The first-order valence-electron chi connectivity index (χ1n) is 13.1. The fraction of sp³-hybridized carbons (Fsp3) is 0.152. The minimum atomic E-state index is -0.0827. The highest BCUT2D eigenvalue weighted by Crippen LogP contribution is 2.42. The maximum absolute atomic E-state index is 13.6. The van der Waals surface area contributed by atoms with Crippen LogP contribution in [0.3, 0.4) is 0 Å². The number of amides is 2. The number of hydrogen-bond acceptors (Lipinski definition) is 3. The van der Waals surface area contributed by atoms with Gasteiger partial charge >= 0.3 is 0 Å². The van der Waals surface area contributed by atoms with Gasteiger partial charge in [-0.05, 0) is 84.0 Å². The molecule has 1 aliphatic carbocycles. The molecule has 2 aliphatic rings. The van der Waals surface area contributed by atoms with E-state index in [0.29, 0.717) is 22.0 Å². The van der Waals surface area contributed by atoms with Crippen LogP contribution >= 0.6 is 23.4 Å². The van der Waals surface area contributed by atoms with Gasteiger partial charge in [-0.2, -0.15) is 0 Å². The number of benzene rings is 4. The van der Waals surface area contributed by atoms with E-state index in [0.717, 1.165) is 41.0 Å². The average molecular weight is 551 g/mol. The number of aryl methyl sites for hydroxylation is 1. The smallest absolute Gasteiger partial charge is 0.265 e. The summed E-state index contributed by atoms with van der Waals surface area (Å²) in [5, 5.41) is 3.86. The van der Waals surface area contributed by atoms with Gasteiger partial charge in [-0.1, -0.05) is 84.0 Å². The summed E-state index contributed by atoms with van der Waals surface area (Å²) in [6, 6.07) is 31.3. The molecule has 0 aromatic heterocycles. The minimum Gasteiger partial charge on any atom is -0.345 e. The van der Waals surface area contributed by atoms with Crippen LogP contribution in [-0.2, 0) is 17.8 Å². The highest BCUT2D eigenvalue weighted by Gasteiger charge is 2.29. The topological polar surface area (TPSA) is 49.4 Å². The van der Waals surface area contributed by atoms with Gasteiger partial charge in [0.05, 0.1) is 23.2 Å². The number of nitrogens with one attached hydrogen (secondary N) is 1. The third-order valence-corrected chi connectivity index (χ3v) is 8.52. The number of para-hydroxylation sites is 1. The van der Waals surface area contributed by atoms with Crippen LogP contribution in [0.4, 0.5) is 5.69 Å². The predicted octanol–water partition coefficient (Wildman–Crippen LogP) is 7.83. The van der Waals surface area contributed by atoms with Crippen molar-refractivity contribution < 1.29 is 9.59 Å². The Morgan fingerprint density at radius 1 is 0.974 bits per heavy atom. The Kier molecular flexibility index (Phi) is 7.27. The van der Waals surface area contributed by atoms with E-state index in [2.05, 4.69) is 23.5 Å². The van der Waals surface area contributed by atoms with Gasteiger partial charge in [0.15, 0.2) is 0 Å². The van der Waals surface area contributed by atoms with Crippen molar-refractivity contribution in [3.8, 4) is 0 Å². The zero-order chi connectivity index (χ0) is 26.8. The number of fused-ring (bicyclic) bond motifs is 2. The van der Waals surface area contributed by atoms with Crippen LogP contribution in [0.25, 0.3) is 6.08 Å². The van der Waals surface area contributed by atoms with Gasteiger partial charge in [-0.3, -0.25) is 9.59 Å². The molecule has 0 bridgehead atoms. The Balaban J connectivity index is 1.21. The zero-order valence-corrected chi connectivity index (χ0v) is 22.8. The fourth-order valence-corrected chi connectivity index (χ4v) is 6.54. The summed E-state index contributed by atoms with van der Waals surface area (Å²) in [4.78, 5) is 30.1. The summed E-state index contributed by atoms with van der Waals surface area (Å²) in [6.07, 6.45) is 4.97. The molecule has 0 unspecified atom stereocenters. The molecule has 0 fully saturated rings. The van der Waals surface area contributed by atoms with Crippen LogP contribution in [0, 0.1) is 0 Å². The largest absolute Gasteiger partial charge is 0.345 e. The van der Waals surface area contributed by atoms with Gasteiger partial charge in [0.25, 0.3) is 11.8 Å². The van der Waals surface area contributed by atoms with Crippen LogP contribution < -0.4 is 10.2 Å². The molecule has 4 aromatic carbocycles. The van der Waals surface area contributed by atoms with Gasteiger partial charge < -0.3 is 10.2 Å². The van der Waals surface area contributed by atoms with Gasteiger partial charge in [0.2, 0.25) is 0 Å². The second-order valence-corrected chi connectivity index (χ2v) is 11.4. The van der Waals surface area contributed by atoms with Crippen molar-refractivity contribution >= 4 is 46.9 Å². The predicted molar refractivity (Wildman–Crippen MR) is 159 cm³/mol. The number of carbonyl (C=O) groups excluding carboxylic acids is 2. The highest BCUT2D eigenvalue weighted by atomic mass is 35.5. The summed E-state index contributed by atoms with van der Waals surface area (Å²) in [6.45, 7) is 0.428. The average Bonchev–Trinajstić information content (AvgIpc) is 2.96. The molecule has 39 heavy (non-hydrogen) atoms. The van der Waals surface area contributed by atoms with E-state index < -0.39 is 0 Å². The number of hydrogen-bond donors (Lipinski definition) is 1. The molecule has 1 heterocycles. The normalized spacial score (nSPS) is 17.5. The number of nitrogens with zero attached hydrogens (tertiary/aromatic N) is 1. The molecule has 6 rings (SSSR count). The number of anilines is 1. The van der Waals surface area contributed by atoms with E-state index in [1.807, 2.05) is 84.9 Å². The number of thioether (sulfide) groups is 1. The van der Waals surface area contributed by atoms with Crippen LogP contribution in [0.1, 0.15) is 51.5 Å². The fourth-order valence-electron chi connectivity index (χ4n) is 5.26. The lowest BCUT2D eigenvalue weighted by Gasteiger charge is -2.30. The van der Waals surface area contributed by atoms with Crippen molar-refractivity contribution in [3.63, 3.8) is 0 Å². The summed E-state index contributed by atoms with van der Waals surface area (Å²) < 4.78 is 0. The molecule has 0 radical (unpaired) electrons. The molecular formula is C33H27ClN2O2S. The van der Waals surface area contributed by atoms with Crippen molar-refractivity contribution in [1.29, 1.82) is 0 Å². The molecular weight excluding hydrogens is 524 g/mol. The van der Waals surface area contributed by atoms with Crippen LogP contribution in [-0.4, -0.2) is 11.8 Å². The van der Waals surface area contributed by atoms with Crippen molar-refractivity contribution in [1.82, 2.24) is 5.32 Å². The van der Waals surface area contributed by atoms with Crippen molar-refractivity contribution in [2.75, 3.05) is 4.90 Å². The number of rotatable bonds is 5. The Morgan fingerprint density at radius 3 is 2.62 bits per heavy atom. The molecule has 0 saturated carbocycles. The monoisotopic (exact) mass is 550 g/mol. The van der Waals surface area contributed by atoms with E-state index in [1.54, 1.807) is 4.90 Å². The summed E-state index contributed by atoms with van der Waals surface area (Å²) >= 11 is 7.67. The molecule has 194 valence electrons. The van der Waals surface area contributed by atoms with Gasteiger partial charge in [-0.15, -0.1) is 0 Å². The molecule has 4 aromatic rings. The van der Waals surface area contributed by atoms with Crippen molar-refractivity contribution in [3.05, 3.63) is 135 Å². The standard InChI is InChI=1S/C33H27ClN2O2S/c34-26-10-5-7-23(19-26)21-36-29-13-3-4-14-30(29)39-31(33(36)38)20-22-15-17-25(18-16-22)32(37)35-28-12-6-9-24-8-1-2-11-27(24)28/h1-5,7-8,10-11,13-20,28H,6,9,12,21H2,(H,35,37)/b31-20+/t28-/m1/s1. The maximum Gasteiger partial charge on any atom is 0.265 e. The van der Waals surface area contributed by atoms with Crippen molar-refractivity contribution in [2.45, 2.75) is 36.7 Å². The van der Waals surface area contributed by atoms with Crippen molar-refractivity contribution in [2.24, 2.45) is 0 Å². The first kappa shape index (κ1) is 25.5. The van der Waals surface area contributed by atoms with E-state index in [9.17, 15) is 9.59 Å². The molecule has 0 saturated heterocycles. The number of halogens is 1. The Hall–Kier alpha value is -3.80. The van der Waals surface area contributed by atoms with Gasteiger partial charge in [0, 0.05) is 15.5 Å². The quantitative estimate of drug-likeness (QED) is 0.258. The SMILES string of the molecule is O=C(N[C@@H]1CCCc2ccccc21)c1ccc(/C=C2/Sc3ccccc3N(Cc3cccc(Cl)c3)C2=O)cc1. The molecule has 0 spiro atoms. The molecule has 1 atom stereocenters. The molecule has 1 N–H and O–H groups in total. The van der Waals surface area contributed by atoms with Gasteiger partial charge in [-0.25, -0.2) is 0 Å². The van der Waals surface area contributed by atoms with E-state index >= 15 is 0 Å². The third kappa shape index (κ3) is 5.51. The highest BCUT2D eigenvalue weighted by molar-refractivity contribution is 8.04. The summed E-state index contributed by atoms with van der Waals surface area (Å²) in [5.74, 6) is -0.142. The number of carbonyl (C=O) groups is 2. The maximum atomic E-state index is 13.6. The Morgan fingerprint density at radius 2 is 1.77 bits per heavy atom.